The van der Waals surface area contributed by atoms with E-state index in [-0.39, 0.29) is 23.7 Å². The van der Waals surface area contributed by atoms with E-state index in [4.69, 9.17) is 14.0 Å². The summed E-state index contributed by atoms with van der Waals surface area (Å²) < 4.78 is 15.3. The molecule has 0 radical (unpaired) electrons. The summed E-state index contributed by atoms with van der Waals surface area (Å²) in [7, 11) is 3.12. The number of nitrogens with one attached hydrogen (secondary N) is 1. The number of benzene rings is 2. The minimum Gasteiger partial charge on any atom is -0.497 e. The quantitative estimate of drug-likeness (QED) is 0.371. The van der Waals surface area contributed by atoms with Gasteiger partial charge in [-0.2, -0.15) is 4.98 Å². The van der Waals surface area contributed by atoms with Crippen LogP contribution in [-0.2, 0) is 11.3 Å². The monoisotopic (exact) mass is 384 g/mol. The zero-order chi connectivity index (χ0) is 20.1. The van der Waals surface area contributed by atoms with Gasteiger partial charge in [0.15, 0.2) is 6.61 Å². The molecule has 3 aromatic rings. The van der Waals surface area contributed by atoms with E-state index in [0.29, 0.717) is 22.8 Å². The molecule has 10 heteroatoms. The lowest BCUT2D eigenvalue weighted by Crippen LogP contribution is -2.07. The first-order valence-electron chi connectivity index (χ1n) is 8.12. The van der Waals surface area contributed by atoms with Crippen LogP contribution in [-0.4, -0.2) is 35.2 Å². The number of hydrogen-bond donors (Lipinski definition) is 1. The maximum Gasteiger partial charge on any atom is 0.338 e. The van der Waals surface area contributed by atoms with Crippen LogP contribution in [0.2, 0.25) is 0 Å². The molecule has 0 fully saturated rings. The maximum absolute atomic E-state index is 12.2. The van der Waals surface area contributed by atoms with E-state index < -0.39 is 10.9 Å². The molecular weight excluding hydrogens is 368 g/mol. The van der Waals surface area contributed by atoms with E-state index in [9.17, 15) is 14.9 Å². The van der Waals surface area contributed by atoms with E-state index >= 15 is 0 Å². The Hall–Kier alpha value is -3.95. The summed E-state index contributed by atoms with van der Waals surface area (Å²) in [6.07, 6.45) is 0. The number of nitro groups is 1. The minimum absolute atomic E-state index is 0.0422. The SMILES string of the molecule is CNc1ccc(C(=O)OCc2nc(-c3ccc(OC)cc3)no2)cc1[N+](=O)[O-]. The van der Waals surface area contributed by atoms with Gasteiger partial charge in [0.05, 0.1) is 17.6 Å². The van der Waals surface area contributed by atoms with E-state index in [2.05, 4.69) is 15.5 Å². The summed E-state index contributed by atoms with van der Waals surface area (Å²) in [5.41, 5.74) is 0.820. The number of anilines is 1. The number of aromatic nitrogens is 2. The standard InChI is InChI=1S/C18H16N4O6/c1-19-14-8-5-12(9-15(14)22(24)25)18(23)27-10-16-20-17(21-28-16)11-3-6-13(26-2)7-4-11/h3-9,19H,10H2,1-2H3. The number of methoxy groups -OCH3 is 1. The van der Waals surface area contributed by atoms with E-state index in [1.807, 2.05) is 0 Å². The molecule has 1 N–H and O–H groups in total. The molecule has 0 bridgehead atoms. The van der Waals surface area contributed by atoms with E-state index in [1.165, 1.54) is 12.1 Å². The van der Waals surface area contributed by atoms with Crippen LogP contribution in [0.3, 0.4) is 0 Å². The number of rotatable bonds is 7. The van der Waals surface area contributed by atoms with Crippen molar-refractivity contribution in [2.24, 2.45) is 0 Å². The molecular formula is C18H16N4O6. The van der Waals surface area contributed by atoms with Gasteiger partial charge < -0.3 is 19.3 Å². The molecule has 0 spiro atoms. The van der Waals surface area contributed by atoms with Gasteiger partial charge in [-0.1, -0.05) is 5.16 Å². The Labute approximate surface area is 159 Å². The molecule has 1 heterocycles. The molecule has 2 aromatic carbocycles. The van der Waals surface area contributed by atoms with Crippen molar-refractivity contribution >= 4 is 17.3 Å². The number of hydrogen-bond acceptors (Lipinski definition) is 9. The molecule has 3 rings (SSSR count). The molecule has 0 amide bonds. The number of carbonyl (C=O) groups is 1. The minimum atomic E-state index is -0.741. The smallest absolute Gasteiger partial charge is 0.338 e. The average Bonchev–Trinajstić information content (AvgIpc) is 3.20. The lowest BCUT2D eigenvalue weighted by Gasteiger charge is -2.05. The normalized spacial score (nSPS) is 10.4. The first kappa shape index (κ1) is 18.8. The van der Waals surface area contributed by atoms with Crippen LogP contribution >= 0.6 is 0 Å². The zero-order valence-electron chi connectivity index (χ0n) is 15.0. The number of ether oxygens (including phenoxy) is 2. The average molecular weight is 384 g/mol. The van der Waals surface area contributed by atoms with Crippen molar-refractivity contribution < 1.29 is 23.7 Å². The molecule has 28 heavy (non-hydrogen) atoms. The van der Waals surface area contributed by atoms with Gasteiger partial charge in [-0.25, -0.2) is 4.79 Å². The van der Waals surface area contributed by atoms with E-state index in [1.54, 1.807) is 38.4 Å². The molecule has 0 unspecified atom stereocenters. The van der Waals surface area contributed by atoms with Gasteiger partial charge in [0, 0.05) is 18.7 Å². The van der Waals surface area contributed by atoms with Crippen molar-refractivity contribution in [2.45, 2.75) is 6.61 Å². The van der Waals surface area contributed by atoms with Crippen LogP contribution < -0.4 is 10.1 Å². The first-order valence-corrected chi connectivity index (χ1v) is 8.12. The maximum atomic E-state index is 12.2. The fraction of sp³-hybridized carbons (Fsp3) is 0.167. The second kappa shape index (κ2) is 8.16. The Morgan fingerprint density at radius 2 is 2.00 bits per heavy atom. The van der Waals surface area contributed by atoms with Gasteiger partial charge >= 0.3 is 5.97 Å². The molecule has 0 aliphatic heterocycles. The molecule has 10 nitrogen and oxygen atoms in total. The number of nitrogens with zero attached hydrogens (tertiary/aromatic N) is 3. The van der Waals surface area contributed by atoms with Crippen molar-refractivity contribution in [1.29, 1.82) is 0 Å². The summed E-state index contributed by atoms with van der Waals surface area (Å²) in [6.45, 7) is -0.260. The van der Waals surface area contributed by atoms with Crippen LogP contribution in [0.4, 0.5) is 11.4 Å². The Bertz CT molecular complexity index is 1000. The molecule has 0 atom stereocenters. The van der Waals surface area contributed by atoms with Crippen LogP contribution in [0.15, 0.2) is 47.0 Å². The van der Waals surface area contributed by atoms with Crippen LogP contribution in [0.5, 0.6) is 5.75 Å². The Balaban J connectivity index is 1.67. The molecule has 0 aliphatic carbocycles. The molecule has 0 aliphatic rings. The van der Waals surface area contributed by atoms with Gasteiger partial charge in [0.1, 0.15) is 11.4 Å². The highest BCUT2D eigenvalue weighted by Gasteiger charge is 2.18. The van der Waals surface area contributed by atoms with E-state index in [0.717, 1.165) is 6.07 Å². The lowest BCUT2D eigenvalue weighted by molar-refractivity contribution is -0.384. The third kappa shape index (κ3) is 4.06. The van der Waals surface area contributed by atoms with Gasteiger partial charge in [-0.05, 0) is 36.4 Å². The fourth-order valence-electron chi connectivity index (χ4n) is 2.40. The van der Waals surface area contributed by atoms with Gasteiger partial charge in [0.25, 0.3) is 11.6 Å². The highest BCUT2D eigenvalue weighted by Crippen LogP contribution is 2.25. The zero-order valence-corrected chi connectivity index (χ0v) is 15.0. The van der Waals surface area contributed by atoms with Crippen LogP contribution in [0.1, 0.15) is 16.2 Å². The van der Waals surface area contributed by atoms with Crippen LogP contribution in [0.25, 0.3) is 11.4 Å². The second-order valence-corrected chi connectivity index (χ2v) is 5.56. The molecule has 1 aromatic heterocycles. The molecule has 0 saturated carbocycles. The molecule has 144 valence electrons. The number of nitro benzene ring substituents is 1. The van der Waals surface area contributed by atoms with Crippen LogP contribution in [0, 0.1) is 10.1 Å². The fourth-order valence-corrected chi connectivity index (χ4v) is 2.40. The lowest BCUT2D eigenvalue weighted by atomic mass is 10.1. The Kier molecular flexibility index (Phi) is 5.49. The van der Waals surface area contributed by atoms with Crippen molar-refractivity contribution in [3.63, 3.8) is 0 Å². The molecule has 0 saturated heterocycles. The number of esters is 1. The van der Waals surface area contributed by atoms with Crippen molar-refractivity contribution in [1.82, 2.24) is 10.1 Å². The van der Waals surface area contributed by atoms with Crippen molar-refractivity contribution in [3.05, 3.63) is 64.0 Å². The largest absolute Gasteiger partial charge is 0.497 e. The summed E-state index contributed by atoms with van der Waals surface area (Å²) in [5.74, 6) is 0.387. The van der Waals surface area contributed by atoms with Gasteiger partial charge in [-0.3, -0.25) is 10.1 Å². The van der Waals surface area contributed by atoms with Crippen molar-refractivity contribution in [3.8, 4) is 17.1 Å². The third-order valence-corrected chi connectivity index (χ3v) is 3.84. The topological polar surface area (TPSA) is 130 Å². The number of carbonyl (C=O) groups excluding carboxylic acids is 1. The second-order valence-electron chi connectivity index (χ2n) is 5.56. The summed E-state index contributed by atoms with van der Waals surface area (Å²) in [6, 6.07) is 11.1. The van der Waals surface area contributed by atoms with Gasteiger partial charge in [-0.15, -0.1) is 0 Å². The Morgan fingerprint density at radius 1 is 1.25 bits per heavy atom. The Morgan fingerprint density at radius 3 is 2.64 bits per heavy atom. The highest BCUT2D eigenvalue weighted by atomic mass is 16.6. The first-order chi connectivity index (χ1) is 13.5. The summed E-state index contributed by atoms with van der Waals surface area (Å²) >= 11 is 0. The summed E-state index contributed by atoms with van der Waals surface area (Å²) in [5, 5.41) is 17.6. The predicted octanol–water partition coefficient (Wildman–Crippen LogP) is 3.05. The van der Waals surface area contributed by atoms with Crippen molar-refractivity contribution in [2.75, 3.05) is 19.5 Å². The summed E-state index contributed by atoms with van der Waals surface area (Å²) in [4.78, 5) is 26.8. The highest BCUT2D eigenvalue weighted by molar-refractivity contribution is 5.91. The predicted molar refractivity (Wildman–Crippen MR) is 98.0 cm³/mol. The third-order valence-electron chi connectivity index (χ3n) is 3.84. The van der Waals surface area contributed by atoms with Gasteiger partial charge in [0.2, 0.25) is 5.82 Å².